The Hall–Kier alpha value is -4.16. The molecule has 0 unspecified atom stereocenters. The summed E-state index contributed by atoms with van der Waals surface area (Å²) in [6, 6.07) is 15.5. The number of ether oxygens (including phenoxy) is 1. The largest absolute Gasteiger partial charge is 0.462 e. The van der Waals surface area contributed by atoms with Crippen molar-refractivity contribution in [2.24, 2.45) is 0 Å². The van der Waals surface area contributed by atoms with Crippen LogP contribution < -0.4 is 14.5 Å². The molecule has 0 radical (unpaired) electrons. The van der Waals surface area contributed by atoms with Crippen molar-refractivity contribution in [2.45, 2.75) is 44.8 Å². The Kier molecular flexibility index (Phi) is 7.50. The minimum Gasteiger partial charge on any atom is -0.462 e. The van der Waals surface area contributed by atoms with Crippen molar-refractivity contribution in [1.29, 1.82) is 5.26 Å². The molecule has 2 aromatic carbocycles. The summed E-state index contributed by atoms with van der Waals surface area (Å²) in [5, 5.41) is 12.6. The number of hydrogen-bond donors (Lipinski definition) is 0. The van der Waals surface area contributed by atoms with Crippen LogP contribution in [-0.2, 0) is 17.8 Å². The Labute approximate surface area is 241 Å². The van der Waals surface area contributed by atoms with E-state index in [-0.39, 0.29) is 5.91 Å². The van der Waals surface area contributed by atoms with Crippen LogP contribution in [-0.4, -0.2) is 84.1 Å². The van der Waals surface area contributed by atoms with Gasteiger partial charge in [-0.1, -0.05) is 36.9 Å². The summed E-state index contributed by atoms with van der Waals surface area (Å²) in [4.78, 5) is 30.6. The molecule has 2 saturated heterocycles. The first-order chi connectivity index (χ1) is 20.0. The van der Waals surface area contributed by atoms with Crippen molar-refractivity contribution in [2.75, 3.05) is 56.2 Å². The molecule has 6 rings (SSSR count). The lowest BCUT2D eigenvalue weighted by atomic mass is 9.99. The fourth-order valence-corrected chi connectivity index (χ4v) is 6.50. The predicted molar refractivity (Wildman–Crippen MR) is 160 cm³/mol. The van der Waals surface area contributed by atoms with Gasteiger partial charge in [0.05, 0.1) is 24.9 Å². The number of likely N-dealkylation sites (tertiary alicyclic amines) is 1. The molecule has 0 spiro atoms. The van der Waals surface area contributed by atoms with Gasteiger partial charge in [-0.3, -0.25) is 4.79 Å². The van der Waals surface area contributed by atoms with Crippen LogP contribution in [0.5, 0.6) is 6.01 Å². The van der Waals surface area contributed by atoms with Crippen LogP contribution in [0.2, 0.25) is 0 Å². The van der Waals surface area contributed by atoms with E-state index in [1.165, 1.54) is 28.1 Å². The highest BCUT2D eigenvalue weighted by molar-refractivity contribution is 5.97. The molecule has 212 valence electrons. The predicted octanol–water partition coefficient (Wildman–Crippen LogP) is 3.70. The third-order valence-corrected chi connectivity index (χ3v) is 8.82. The van der Waals surface area contributed by atoms with Gasteiger partial charge in [0.2, 0.25) is 5.91 Å². The molecule has 3 aromatic rings. The zero-order chi connectivity index (χ0) is 28.5. The van der Waals surface area contributed by atoms with Crippen LogP contribution in [0.3, 0.4) is 0 Å². The number of piperazine rings is 1. The van der Waals surface area contributed by atoms with E-state index in [1.54, 1.807) is 4.90 Å². The Morgan fingerprint density at radius 3 is 2.76 bits per heavy atom. The number of benzene rings is 2. The van der Waals surface area contributed by atoms with E-state index >= 15 is 0 Å². The number of aromatic nitrogens is 2. The van der Waals surface area contributed by atoms with E-state index in [9.17, 15) is 10.1 Å². The van der Waals surface area contributed by atoms with Crippen molar-refractivity contribution < 1.29 is 9.53 Å². The quantitative estimate of drug-likeness (QED) is 0.429. The lowest BCUT2D eigenvalue weighted by molar-refractivity contribution is -0.126. The van der Waals surface area contributed by atoms with Gasteiger partial charge in [0.15, 0.2) is 0 Å². The minimum absolute atomic E-state index is 0.152. The van der Waals surface area contributed by atoms with Gasteiger partial charge < -0.3 is 24.3 Å². The molecule has 0 saturated carbocycles. The van der Waals surface area contributed by atoms with Gasteiger partial charge in [-0.05, 0) is 62.9 Å². The molecule has 0 bridgehead atoms. The van der Waals surface area contributed by atoms with Crippen LogP contribution in [0.1, 0.15) is 29.7 Å². The second-order valence-corrected chi connectivity index (χ2v) is 11.3. The number of amides is 1. The van der Waals surface area contributed by atoms with Crippen LogP contribution in [0.15, 0.2) is 49.1 Å². The number of likely N-dealkylation sites (N-methyl/N-ethyl adjacent to an activating group) is 1. The Balaban J connectivity index is 1.35. The second-order valence-electron chi connectivity index (χ2n) is 11.3. The minimum atomic E-state index is -0.515. The first kappa shape index (κ1) is 27.0. The lowest BCUT2D eigenvalue weighted by Gasteiger charge is -2.40. The molecule has 3 aliphatic heterocycles. The van der Waals surface area contributed by atoms with Crippen LogP contribution >= 0.6 is 0 Å². The van der Waals surface area contributed by atoms with E-state index < -0.39 is 6.04 Å². The van der Waals surface area contributed by atoms with Gasteiger partial charge in [-0.25, -0.2) is 0 Å². The average molecular weight is 552 g/mol. The smallest absolute Gasteiger partial charge is 0.318 e. The zero-order valence-electron chi connectivity index (χ0n) is 23.9. The highest BCUT2D eigenvalue weighted by atomic mass is 16.5. The van der Waals surface area contributed by atoms with Crippen molar-refractivity contribution in [3.05, 3.63) is 65.9 Å². The molecule has 3 aliphatic rings. The Morgan fingerprint density at radius 1 is 1.17 bits per heavy atom. The van der Waals surface area contributed by atoms with Gasteiger partial charge in [0.25, 0.3) is 0 Å². The number of hydrogen-bond acceptors (Lipinski definition) is 8. The number of nitriles is 1. The second kappa shape index (κ2) is 11.4. The molecular formula is C32H37N7O2. The molecule has 2 atom stereocenters. The summed E-state index contributed by atoms with van der Waals surface area (Å²) in [6.45, 7) is 10.2. The first-order valence-corrected chi connectivity index (χ1v) is 14.5. The third kappa shape index (κ3) is 5.20. The maximum atomic E-state index is 12.3. The molecule has 9 nitrogen and oxygen atoms in total. The van der Waals surface area contributed by atoms with Gasteiger partial charge in [-0.15, -0.1) is 0 Å². The van der Waals surface area contributed by atoms with E-state index in [0.717, 1.165) is 49.4 Å². The molecule has 2 fully saturated rings. The maximum Gasteiger partial charge on any atom is 0.318 e. The number of carbonyl (C=O) groups excluding carboxylic acids is 1. The Morgan fingerprint density at radius 2 is 2.00 bits per heavy atom. The van der Waals surface area contributed by atoms with E-state index in [1.807, 2.05) is 4.90 Å². The number of rotatable bonds is 6. The summed E-state index contributed by atoms with van der Waals surface area (Å²) in [5.41, 5.74) is 4.45. The van der Waals surface area contributed by atoms with E-state index in [2.05, 4.69) is 72.8 Å². The third-order valence-electron chi connectivity index (χ3n) is 8.82. The maximum absolute atomic E-state index is 12.3. The Bertz CT molecular complexity index is 1510. The molecular weight excluding hydrogens is 514 g/mol. The number of anilines is 2. The highest BCUT2D eigenvalue weighted by Gasteiger charge is 2.34. The summed E-state index contributed by atoms with van der Waals surface area (Å²) in [7, 11) is 2.13. The molecule has 0 N–H and O–H groups in total. The van der Waals surface area contributed by atoms with Crippen LogP contribution in [0.25, 0.3) is 10.8 Å². The first-order valence-electron chi connectivity index (χ1n) is 14.5. The highest BCUT2D eigenvalue weighted by Crippen LogP contribution is 2.36. The molecule has 1 amide bonds. The molecule has 4 heterocycles. The van der Waals surface area contributed by atoms with Crippen molar-refractivity contribution >= 4 is 28.2 Å². The fraction of sp³-hybridized carbons (Fsp3) is 0.438. The van der Waals surface area contributed by atoms with Crippen molar-refractivity contribution in [3.63, 3.8) is 0 Å². The average Bonchev–Trinajstić information content (AvgIpc) is 3.42. The topological polar surface area (TPSA) is 88.8 Å². The van der Waals surface area contributed by atoms with Crippen LogP contribution in [0, 0.1) is 18.3 Å². The molecule has 41 heavy (non-hydrogen) atoms. The van der Waals surface area contributed by atoms with Crippen LogP contribution in [0.4, 0.5) is 11.5 Å². The summed E-state index contributed by atoms with van der Waals surface area (Å²) >= 11 is 0. The van der Waals surface area contributed by atoms with Gasteiger partial charge in [0.1, 0.15) is 18.5 Å². The number of nitrogens with zero attached hydrogens (tertiary/aromatic N) is 7. The summed E-state index contributed by atoms with van der Waals surface area (Å²) in [6.07, 6.45) is 4.32. The fourth-order valence-electron chi connectivity index (χ4n) is 6.50. The molecule has 1 aromatic heterocycles. The van der Waals surface area contributed by atoms with E-state index in [0.29, 0.717) is 44.8 Å². The molecule has 0 aliphatic carbocycles. The van der Waals surface area contributed by atoms with Gasteiger partial charge >= 0.3 is 6.01 Å². The number of aryl methyl sites for hydroxylation is 1. The normalized spacial score (nSPS) is 21.0. The monoisotopic (exact) mass is 551 g/mol. The molecule has 9 heteroatoms. The summed E-state index contributed by atoms with van der Waals surface area (Å²) in [5.74, 6) is 0.608. The number of fused-ring (bicyclic) bond motifs is 2. The van der Waals surface area contributed by atoms with Gasteiger partial charge in [0, 0.05) is 42.3 Å². The SMILES string of the molecule is C=CC(=O)N1CCN(c2nc(OC[C@@H]3CCCN3C)nc3c2CCN(c2cccc4cccc(C)c24)C3)[C@@H](C#N)C1. The lowest BCUT2D eigenvalue weighted by Crippen LogP contribution is -2.54. The van der Waals surface area contributed by atoms with E-state index in [4.69, 9.17) is 14.7 Å². The standard InChI is InChI=1S/C32H37N7O2/c1-4-29(40)38-16-17-39(25(18-33)19-38)31-26-13-15-37(28-12-6-10-23-9-5-8-22(2)30(23)28)20-27(26)34-32(35-31)41-21-24-11-7-14-36(24)3/h4-6,8-10,12,24-25H,1,7,11,13-17,19-21H2,2-3H3/t24-,25-/m0/s1. The van der Waals surface area contributed by atoms with Gasteiger partial charge in [-0.2, -0.15) is 15.2 Å². The van der Waals surface area contributed by atoms with Crippen molar-refractivity contribution in [1.82, 2.24) is 19.8 Å². The number of carbonyl (C=O) groups is 1. The van der Waals surface area contributed by atoms with Crippen molar-refractivity contribution in [3.8, 4) is 12.1 Å². The zero-order valence-corrected chi connectivity index (χ0v) is 23.9. The summed E-state index contributed by atoms with van der Waals surface area (Å²) < 4.78 is 6.26.